The van der Waals surface area contributed by atoms with Gasteiger partial charge >= 0.3 is 19.8 Å². The minimum atomic E-state index is -6.72. The number of halogens is 6. The molecule has 1 heterocycles. The minimum Gasteiger partial charge on any atom is -0.421 e. The van der Waals surface area contributed by atoms with Crippen LogP contribution in [0.15, 0.2) is 17.1 Å². The van der Waals surface area contributed by atoms with E-state index in [0.29, 0.717) is 0 Å². The first-order chi connectivity index (χ1) is 13.5. The molecule has 0 amide bonds. The Morgan fingerprint density at radius 2 is 1.37 bits per heavy atom. The third-order valence-corrected chi connectivity index (χ3v) is 9.38. The zero-order chi connectivity index (χ0) is 23.9. The first-order valence-corrected chi connectivity index (χ1v) is 13.2. The van der Waals surface area contributed by atoms with E-state index in [4.69, 9.17) is 13.3 Å². The monoisotopic (exact) mass is 528 g/mol. The van der Waals surface area contributed by atoms with E-state index in [2.05, 4.69) is 21.7 Å². The highest BCUT2D eigenvalue weighted by atomic mass is 32.3. The van der Waals surface area contributed by atoms with Gasteiger partial charge in [-0.15, -0.1) is 0 Å². The fraction of sp³-hybridized carbons (Fsp3) is 0.727. The minimum absolute atomic E-state index is 0.778. The Balaban J connectivity index is 0.000000561. The number of aryl methyl sites for hydroxylation is 1. The van der Waals surface area contributed by atoms with E-state index in [1.165, 1.54) is 0 Å². The number of sulfonamides is 2. The van der Waals surface area contributed by atoms with Gasteiger partial charge < -0.3 is 17.4 Å². The molecule has 0 saturated carbocycles. The Morgan fingerprint density at radius 3 is 1.67 bits per heavy atom. The maximum absolute atomic E-state index is 11.4. The molecule has 19 heteroatoms. The van der Waals surface area contributed by atoms with Gasteiger partial charge in [0.05, 0.1) is 5.38 Å². The first-order valence-electron chi connectivity index (χ1n) is 7.40. The van der Waals surface area contributed by atoms with Gasteiger partial charge in [-0.2, -0.15) is 30.9 Å². The molecule has 0 fully saturated rings. The third-order valence-electron chi connectivity index (χ3n) is 3.14. The molecular formula is C11H18F6N2O7S3Si. The summed E-state index contributed by atoms with van der Waals surface area (Å²) >= 11 is 1.70. The van der Waals surface area contributed by atoms with Crippen LogP contribution in [0.3, 0.4) is 0 Å². The molecule has 1 rings (SSSR count). The van der Waals surface area contributed by atoms with Crippen LogP contribution in [-0.2, 0) is 39.9 Å². The molecule has 0 aromatic carbocycles. The Kier molecular flexibility index (Phi) is 10.8. The van der Waals surface area contributed by atoms with Gasteiger partial charge in [-0.3, -0.25) is 0 Å². The van der Waals surface area contributed by atoms with Gasteiger partial charge in [-0.25, -0.2) is 16.8 Å². The number of thiazole rings is 1. The third kappa shape index (κ3) is 8.73. The number of nitrogens with zero attached hydrogens (tertiary/aromatic N) is 2. The van der Waals surface area contributed by atoms with Crippen LogP contribution in [-0.4, -0.2) is 58.0 Å². The van der Waals surface area contributed by atoms with E-state index in [-0.39, 0.29) is 0 Å². The second kappa shape index (κ2) is 11.2. The van der Waals surface area contributed by atoms with Crippen LogP contribution in [0, 0.1) is 0 Å². The summed E-state index contributed by atoms with van der Waals surface area (Å²) in [4.78, 5) is 0. The normalized spacial score (nSPS) is 13.6. The number of rotatable bonds is 9. The molecular weight excluding hydrogens is 510 g/mol. The zero-order valence-corrected chi connectivity index (χ0v) is 19.0. The van der Waals surface area contributed by atoms with Crippen molar-refractivity contribution in [1.82, 2.24) is 0 Å². The quantitative estimate of drug-likeness (QED) is 0.275. The largest absolute Gasteiger partial charge is 0.500 e. The Bertz CT molecular complexity index is 789. The standard InChI is InChI=1S/C9H18NO3SSi.C2F6NO4S2/c1-11-15(12-2,13-3)8-4-5-10-6-7-14-9-10;3-1(4,5)14(10,11)9-15(12,13)2(6,7)8/h6-7,9H,4-5,8H2,1-3H3;/q+1;-1. The highest BCUT2D eigenvalue weighted by Gasteiger charge is 2.47. The molecule has 0 N–H and O–H groups in total. The van der Waals surface area contributed by atoms with Gasteiger partial charge in [0.2, 0.25) is 5.51 Å². The van der Waals surface area contributed by atoms with Crippen LogP contribution >= 0.6 is 11.3 Å². The second-order valence-electron chi connectivity index (χ2n) is 5.08. The summed E-state index contributed by atoms with van der Waals surface area (Å²) in [5.74, 6) is 0. The number of aromatic nitrogens is 1. The van der Waals surface area contributed by atoms with Gasteiger partial charge in [-0.05, 0) is 0 Å². The van der Waals surface area contributed by atoms with Crippen molar-refractivity contribution >= 4 is 40.2 Å². The second-order valence-corrected chi connectivity index (χ2v) is 12.3. The lowest BCUT2D eigenvalue weighted by Gasteiger charge is -2.23. The van der Waals surface area contributed by atoms with Crippen molar-refractivity contribution in [3.63, 3.8) is 0 Å². The van der Waals surface area contributed by atoms with Crippen LogP contribution in [0.5, 0.6) is 0 Å². The zero-order valence-electron chi connectivity index (χ0n) is 15.6. The topological polar surface area (TPSA) is 114 Å². The highest BCUT2D eigenvalue weighted by Crippen LogP contribution is 2.36. The maximum Gasteiger partial charge on any atom is 0.500 e. The van der Waals surface area contributed by atoms with Crippen molar-refractivity contribution in [2.45, 2.75) is 30.0 Å². The molecule has 0 bridgehead atoms. The van der Waals surface area contributed by atoms with Gasteiger partial charge in [0.25, 0.3) is 0 Å². The van der Waals surface area contributed by atoms with Crippen LogP contribution in [0.25, 0.3) is 4.13 Å². The average molecular weight is 529 g/mol. The van der Waals surface area contributed by atoms with E-state index in [0.717, 1.165) is 23.1 Å². The van der Waals surface area contributed by atoms with Gasteiger partial charge in [-0.1, -0.05) is 11.3 Å². The molecule has 0 aliphatic rings. The molecule has 0 atom stereocenters. The van der Waals surface area contributed by atoms with Gasteiger partial charge in [0.15, 0.2) is 26.2 Å². The number of hydrogen-bond acceptors (Lipinski definition) is 8. The van der Waals surface area contributed by atoms with E-state index < -0.39 is 39.9 Å². The predicted molar refractivity (Wildman–Crippen MR) is 94.0 cm³/mol. The lowest BCUT2D eigenvalue weighted by Crippen LogP contribution is -2.43. The Hall–Kier alpha value is -0.833. The fourth-order valence-electron chi connectivity index (χ4n) is 1.64. The summed E-state index contributed by atoms with van der Waals surface area (Å²) in [5.41, 5.74) is -10.3. The SMILES string of the molecule is CO[Si](CCC[n+]1ccsc1)(OC)OC.O=S(=O)([N-]S(=O)(=O)C(F)(F)F)C(F)(F)F. The smallest absolute Gasteiger partial charge is 0.421 e. The van der Waals surface area contributed by atoms with Crippen molar-refractivity contribution in [2.75, 3.05) is 21.3 Å². The van der Waals surface area contributed by atoms with E-state index >= 15 is 0 Å². The van der Waals surface area contributed by atoms with Crippen molar-refractivity contribution in [3.05, 3.63) is 21.2 Å². The molecule has 0 saturated heterocycles. The molecule has 0 unspecified atom stereocenters. The highest BCUT2D eigenvalue weighted by molar-refractivity contribution is 8.13. The summed E-state index contributed by atoms with van der Waals surface area (Å²) in [5, 5.41) is 2.06. The number of hydrogen-bond donors (Lipinski definition) is 0. The summed E-state index contributed by atoms with van der Waals surface area (Å²) in [6.45, 7) is 0.980. The average Bonchev–Trinajstić information content (AvgIpc) is 3.10. The van der Waals surface area contributed by atoms with Crippen molar-refractivity contribution in [2.24, 2.45) is 0 Å². The maximum atomic E-state index is 11.4. The first kappa shape index (κ1) is 29.2. The number of alkyl halides is 6. The van der Waals surface area contributed by atoms with Crippen LogP contribution < -0.4 is 4.57 Å². The Labute approximate surface area is 174 Å². The Morgan fingerprint density at radius 1 is 0.933 bits per heavy atom. The van der Waals surface area contributed by atoms with Gasteiger partial charge in [0.1, 0.15) is 6.54 Å². The van der Waals surface area contributed by atoms with E-state index in [1.807, 2.05) is 0 Å². The lowest BCUT2D eigenvalue weighted by atomic mass is 10.5. The molecule has 1 aromatic heterocycles. The van der Waals surface area contributed by atoms with Gasteiger partial charge in [0, 0.05) is 33.8 Å². The lowest BCUT2D eigenvalue weighted by molar-refractivity contribution is -0.692. The van der Waals surface area contributed by atoms with Crippen molar-refractivity contribution < 1.29 is 61.0 Å². The molecule has 30 heavy (non-hydrogen) atoms. The van der Waals surface area contributed by atoms with E-state index in [1.54, 1.807) is 32.7 Å². The van der Waals surface area contributed by atoms with Crippen molar-refractivity contribution in [3.8, 4) is 0 Å². The van der Waals surface area contributed by atoms with Crippen LogP contribution in [0.1, 0.15) is 6.42 Å². The summed E-state index contributed by atoms with van der Waals surface area (Å²) < 4.78 is 127. The molecule has 0 spiro atoms. The summed E-state index contributed by atoms with van der Waals surface area (Å²) in [6.07, 6.45) is 3.07. The molecule has 9 nitrogen and oxygen atoms in total. The fourth-order valence-corrected chi connectivity index (χ4v) is 5.68. The molecule has 0 aliphatic heterocycles. The van der Waals surface area contributed by atoms with Crippen LogP contribution in [0.4, 0.5) is 26.3 Å². The predicted octanol–water partition coefficient (Wildman–Crippen LogP) is 2.36. The molecule has 0 radical (unpaired) electrons. The van der Waals surface area contributed by atoms with Crippen molar-refractivity contribution in [1.29, 1.82) is 0 Å². The summed E-state index contributed by atoms with van der Waals surface area (Å²) in [6, 6.07) is 0.847. The molecule has 0 aliphatic carbocycles. The van der Waals surface area contributed by atoms with E-state index in [9.17, 15) is 43.2 Å². The summed E-state index contributed by atoms with van der Waals surface area (Å²) in [7, 11) is -10.9. The molecule has 1 aromatic rings. The molecule has 178 valence electrons. The van der Waals surface area contributed by atoms with Crippen LogP contribution in [0.2, 0.25) is 6.04 Å².